The van der Waals surface area contributed by atoms with Gasteiger partial charge in [0.2, 0.25) is 0 Å². The first kappa shape index (κ1) is 20.1. The van der Waals surface area contributed by atoms with Crippen molar-refractivity contribution in [1.82, 2.24) is 14.7 Å². The molecule has 1 N–H and O–H groups in total. The molecule has 3 aromatic rings. The van der Waals surface area contributed by atoms with Crippen LogP contribution >= 0.6 is 0 Å². The molecular formula is C23H25FN4O2. The number of anilines is 1. The molecule has 2 aromatic carbocycles. The van der Waals surface area contributed by atoms with Crippen LogP contribution in [0, 0.1) is 12.7 Å². The van der Waals surface area contributed by atoms with E-state index in [4.69, 9.17) is 4.74 Å². The molecule has 7 heteroatoms. The minimum Gasteiger partial charge on any atom is -0.370 e. The Labute approximate surface area is 175 Å². The number of hydrogen-bond acceptors (Lipinski definition) is 3. The Morgan fingerprint density at radius 2 is 1.93 bits per heavy atom. The molecule has 6 nitrogen and oxygen atoms in total. The predicted octanol–water partition coefficient (Wildman–Crippen LogP) is 4.17. The zero-order valence-corrected chi connectivity index (χ0v) is 17.2. The van der Waals surface area contributed by atoms with Gasteiger partial charge < -0.3 is 15.0 Å². The molecule has 156 valence electrons. The summed E-state index contributed by atoms with van der Waals surface area (Å²) in [6, 6.07) is 14.1. The van der Waals surface area contributed by atoms with Crippen LogP contribution in [0.5, 0.6) is 0 Å². The fourth-order valence-electron chi connectivity index (χ4n) is 3.67. The number of nitrogens with one attached hydrogen (secondary N) is 1. The molecule has 0 unspecified atom stereocenters. The number of carbonyl (C=O) groups excluding carboxylic acids is 1. The summed E-state index contributed by atoms with van der Waals surface area (Å²) in [4.78, 5) is 14.3. The molecule has 4 rings (SSSR count). The fourth-order valence-corrected chi connectivity index (χ4v) is 3.67. The number of ether oxygens (including phenoxy) is 1. The van der Waals surface area contributed by atoms with Gasteiger partial charge in [-0.1, -0.05) is 42.0 Å². The summed E-state index contributed by atoms with van der Waals surface area (Å²) in [7, 11) is 1.91. The highest BCUT2D eigenvalue weighted by Gasteiger charge is 2.27. The van der Waals surface area contributed by atoms with Crippen LogP contribution in [-0.2, 0) is 38.0 Å². The number of nitrogens with zero attached hydrogens (tertiary/aromatic N) is 3. The molecular weight excluding hydrogens is 383 g/mol. The lowest BCUT2D eigenvalue weighted by atomic mass is 10.1. The van der Waals surface area contributed by atoms with Crippen molar-refractivity contribution in [3.05, 3.63) is 82.4 Å². The molecule has 2 heterocycles. The summed E-state index contributed by atoms with van der Waals surface area (Å²) in [6.45, 7) is 3.91. The highest BCUT2D eigenvalue weighted by molar-refractivity contribution is 5.89. The van der Waals surface area contributed by atoms with Gasteiger partial charge in [-0.05, 0) is 24.6 Å². The van der Waals surface area contributed by atoms with E-state index in [0.29, 0.717) is 32.7 Å². The monoisotopic (exact) mass is 408 g/mol. The van der Waals surface area contributed by atoms with E-state index in [-0.39, 0.29) is 11.7 Å². The summed E-state index contributed by atoms with van der Waals surface area (Å²) in [5.41, 5.74) is 5.46. The van der Waals surface area contributed by atoms with Crippen molar-refractivity contribution >= 4 is 11.7 Å². The zero-order chi connectivity index (χ0) is 21.1. The fraction of sp³-hybridized carbons (Fsp3) is 0.304. The molecule has 0 saturated carbocycles. The van der Waals surface area contributed by atoms with Gasteiger partial charge in [-0.3, -0.25) is 4.68 Å². The summed E-state index contributed by atoms with van der Waals surface area (Å²) in [5, 5.41) is 7.26. The number of aromatic nitrogens is 2. The van der Waals surface area contributed by atoms with Crippen molar-refractivity contribution in [2.75, 3.05) is 11.9 Å². The van der Waals surface area contributed by atoms with Crippen LogP contribution in [0.3, 0.4) is 0 Å². The van der Waals surface area contributed by atoms with Crippen LogP contribution < -0.4 is 5.32 Å². The Hall–Kier alpha value is -3.19. The van der Waals surface area contributed by atoms with Crippen LogP contribution in [-0.4, -0.2) is 27.3 Å². The minimum atomic E-state index is -0.449. The maximum absolute atomic E-state index is 13.9. The number of urea groups is 1. The molecule has 0 atom stereocenters. The number of halogens is 1. The quantitative estimate of drug-likeness (QED) is 0.689. The normalized spacial score (nSPS) is 13.2. The Morgan fingerprint density at radius 1 is 1.17 bits per heavy atom. The van der Waals surface area contributed by atoms with E-state index >= 15 is 0 Å². The third-order valence-corrected chi connectivity index (χ3v) is 5.36. The van der Waals surface area contributed by atoms with E-state index in [1.54, 1.807) is 23.1 Å². The lowest BCUT2D eigenvalue weighted by Crippen LogP contribution is -2.39. The minimum absolute atomic E-state index is 0.182. The number of aryl methyl sites for hydroxylation is 2. The van der Waals surface area contributed by atoms with Gasteiger partial charge in [0.15, 0.2) is 0 Å². The maximum atomic E-state index is 13.9. The van der Waals surface area contributed by atoms with Crippen LogP contribution in [0.1, 0.15) is 28.1 Å². The summed E-state index contributed by atoms with van der Waals surface area (Å²) >= 11 is 0. The first-order valence-electron chi connectivity index (χ1n) is 9.98. The molecule has 1 aromatic heterocycles. The number of hydrogen-bond donors (Lipinski definition) is 1. The van der Waals surface area contributed by atoms with E-state index < -0.39 is 5.82 Å². The van der Waals surface area contributed by atoms with Crippen LogP contribution in [0.15, 0.2) is 48.5 Å². The van der Waals surface area contributed by atoms with Gasteiger partial charge in [0.1, 0.15) is 5.82 Å². The number of fused-ring (bicyclic) bond motifs is 1. The highest BCUT2D eigenvalue weighted by Crippen LogP contribution is 2.24. The van der Waals surface area contributed by atoms with Gasteiger partial charge in [0, 0.05) is 31.3 Å². The summed E-state index contributed by atoms with van der Waals surface area (Å²) in [6.07, 6.45) is 0.696. The predicted molar refractivity (Wildman–Crippen MR) is 112 cm³/mol. The topological polar surface area (TPSA) is 59.4 Å². The number of para-hydroxylation sites is 1. The third kappa shape index (κ3) is 4.36. The second kappa shape index (κ2) is 8.67. The highest BCUT2D eigenvalue weighted by atomic mass is 19.1. The van der Waals surface area contributed by atoms with Crippen molar-refractivity contribution < 1.29 is 13.9 Å². The number of benzene rings is 2. The van der Waals surface area contributed by atoms with Crippen LogP contribution in [0.4, 0.5) is 14.9 Å². The maximum Gasteiger partial charge on any atom is 0.322 e. The summed E-state index contributed by atoms with van der Waals surface area (Å²) < 4.78 is 21.6. The molecule has 1 aliphatic rings. The number of rotatable bonds is 5. The lowest BCUT2D eigenvalue weighted by molar-refractivity contribution is 0.103. The standard InChI is InChI=1S/C23H25FN4O2/c1-16-7-9-17(10-8-16)14-30-15-21-18-13-28(12-11-22(18)27(2)26-21)23(29)25-20-6-4-3-5-19(20)24/h3-10H,11-15H2,1-2H3,(H,25,29). The molecule has 0 spiro atoms. The second-order valence-electron chi connectivity index (χ2n) is 7.56. The smallest absolute Gasteiger partial charge is 0.322 e. The van der Waals surface area contributed by atoms with E-state index in [1.165, 1.54) is 11.6 Å². The summed E-state index contributed by atoms with van der Waals surface area (Å²) in [5.74, 6) is -0.449. The lowest BCUT2D eigenvalue weighted by Gasteiger charge is -2.28. The largest absolute Gasteiger partial charge is 0.370 e. The second-order valence-corrected chi connectivity index (χ2v) is 7.56. The molecule has 0 saturated heterocycles. The molecule has 1 aliphatic heterocycles. The van der Waals surface area contributed by atoms with Crippen molar-refractivity contribution in [2.24, 2.45) is 7.05 Å². The first-order chi connectivity index (χ1) is 14.5. The van der Waals surface area contributed by atoms with E-state index in [2.05, 4.69) is 41.6 Å². The molecule has 2 amide bonds. The average molecular weight is 408 g/mol. The van der Waals surface area contributed by atoms with Crippen molar-refractivity contribution in [3.63, 3.8) is 0 Å². The van der Waals surface area contributed by atoms with Crippen LogP contribution in [0.25, 0.3) is 0 Å². The van der Waals surface area contributed by atoms with Gasteiger partial charge in [0.05, 0.1) is 31.1 Å². The van der Waals surface area contributed by atoms with E-state index in [9.17, 15) is 9.18 Å². The van der Waals surface area contributed by atoms with Gasteiger partial charge >= 0.3 is 6.03 Å². The molecule has 0 bridgehead atoms. The molecule has 0 radical (unpaired) electrons. The number of carbonyl (C=O) groups is 1. The van der Waals surface area contributed by atoms with Gasteiger partial charge in [-0.25, -0.2) is 9.18 Å². The molecule has 0 aliphatic carbocycles. The van der Waals surface area contributed by atoms with Crippen molar-refractivity contribution in [3.8, 4) is 0 Å². The van der Waals surface area contributed by atoms with Gasteiger partial charge in [-0.2, -0.15) is 5.10 Å². The zero-order valence-electron chi connectivity index (χ0n) is 17.2. The third-order valence-electron chi connectivity index (χ3n) is 5.36. The van der Waals surface area contributed by atoms with E-state index in [0.717, 1.165) is 22.5 Å². The Balaban J connectivity index is 1.41. The Kier molecular flexibility index (Phi) is 5.81. The number of amides is 2. The van der Waals surface area contributed by atoms with Crippen LogP contribution in [0.2, 0.25) is 0 Å². The molecule has 0 fully saturated rings. The van der Waals surface area contributed by atoms with E-state index in [1.807, 2.05) is 11.7 Å². The first-order valence-corrected chi connectivity index (χ1v) is 9.98. The Morgan fingerprint density at radius 3 is 2.70 bits per heavy atom. The average Bonchev–Trinajstić information content (AvgIpc) is 3.06. The van der Waals surface area contributed by atoms with Gasteiger partial charge in [-0.15, -0.1) is 0 Å². The van der Waals surface area contributed by atoms with Crippen molar-refractivity contribution in [1.29, 1.82) is 0 Å². The molecule has 30 heavy (non-hydrogen) atoms. The SMILES string of the molecule is Cc1ccc(COCc2nn(C)c3c2CN(C(=O)Nc2ccccc2F)CC3)cc1. The Bertz CT molecular complexity index is 1050. The van der Waals surface area contributed by atoms with Gasteiger partial charge in [0.25, 0.3) is 0 Å². The van der Waals surface area contributed by atoms with Crippen molar-refractivity contribution in [2.45, 2.75) is 33.1 Å².